The van der Waals surface area contributed by atoms with E-state index in [0.29, 0.717) is 10.7 Å². The molecule has 0 fully saturated rings. The lowest BCUT2D eigenvalue weighted by Gasteiger charge is -2.02. The van der Waals surface area contributed by atoms with Crippen molar-refractivity contribution in [2.24, 2.45) is 0 Å². The number of aromatic carboxylic acids is 1. The molecule has 0 aliphatic carbocycles. The van der Waals surface area contributed by atoms with Gasteiger partial charge in [0.25, 0.3) is 0 Å². The summed E-state index contributed by atoms with van der Waals surface area (Å²) in [5.74, 6) is -0.970. The number of carboxylic acid groups (broad SMARTS) is 1. The maximum atomic E-state index is 11.8. The van der Waals surface area contributed by atoms with Gasteiger partial charge in [0.05, 0.1) is 10.6 Å². The van der Waals surface area contributed by atoms with Crippen LogP contribution in [-0.4, -0.2) is 20.5 Å². The van der Waals surface area contributed by atoms with Crippen LogP contribution in [0.25, 0.3) is 26.8 Å². The topological polar surface area (TPSA) is 54.6 Å². The highest BCUT2D eigenvalue weighted by atomic mass is 32.1. The van der Waals surface area contributed by atoms with Gasteiger partial charge in [-0.05, 0) is 11.4 Å². The maximum absolute atomic E-state index is 11.8. The zero-order valence-corrected chi connectivity index (χ0v) is 12.9. The molecule has 0 atom stereocenters. The molecule has 0 radical (unpaired) electrons. The van der Waals surface area contributed by atoms with E-state index in [1.165, 1.54) is 11.3 Å². The Morgan fingerprint density at radius 2 is 1.91 bits per heavy atom. The van der Waals surface area contributed by atoms with Crippen molar-refractivity contribution >= 4 is 33.6 Å². The Bertz CT molecular complexity index is 953. The van der Waals surface area contributed by atoms with Crippen LogP contribution in [0.5, 0.6) is 0 Å². The third-order valence-electron chi connectivity index (χ3n) is 3.39. The van der Waals surface area contributed by atoms with E-state index in [-0.39, 0.29) is 5.69 Å². The molecule has 0 unspecified atom stereocenters. The number of rotatable bonds is 3. The van der Waals surface area contributed by atoms with Gasteiger partial charge in [-0.1, -0.05) is 36.4 Å². The van der Waals surface area contributed by atoms with Crippen molar-refractivity contribution < 1.29 is 9.90 Å². The molecule has 6 heteroatoms. The minimum atomic E-state index is -0.970. The lowest BCUT2D eigenvalue weighted by atomic mass is 10.1. The summed E-state index contributed by atoms with van der Waals surface area (Å²) in [6.45, 7) is 0. The summed E-state index contributed by atoms with van der Waals surface area (Å²) in [6, 6.07) is 13.4. The van der Waals surface area contributed by atoms with Crippen LogP contribution in [0.3, 0.4) is 0 Å². The highest BCUT2D eigenvalue weighted by Gasteiger charge is 2.23. The second kappa shape index (κ2) is 5.08. The minimum Gasteiger partial charge on any atom is -0.476 e. The third kappa shape index (κ3) is 1.96. The van der Waals surface area contributed by atoms with Gasteiger partial charge in [0.1, 0.15) is 5.69 Å². The molecule has 4 nitrogen and oxygen atoms in total. The van der Waals surface area contributed by atoms with E-state index in [1.807, 2.05) is 53.2 Å². The van der Waals surface area contributed by atoms with Crippen molar-refractivity contribution in [2.75, 3.05) is 0 Å². The van der Waals surface area contributed by atoms with Crippen LogP contribution < -0.4 is 0 Å². The van der Waals surface area contributed by atoms with E-state index in [0.717, 1.165) is 16.1 Å². The van der Waals surface area contributed by atoms with Crippen LogP contribution in [-0.2, 0) is 0 Å². The molecule has 0 aliphatic rings. The Morgan fingerprint density at radius 3 is 2.59 bits per heavy atom. The van der Waals surface area contributed by atoms with E-state index >= 15 is 0 Å². The monoisotopic (exact) mass is 326 g/mol. The van der Waals surface area contributed by atoms with Crippen molar-refractivity contribution in [3.63, 3.8) is 0 Å². The fourth-order valence-corrected chi connectivity index (χ4v) is 4.15. The number of imidazole rings is 1. The molecule has 0 saturated heterocycles. The maximum Gasteiger partial charge on any atom is 0.355 e. The number of benzene rings is 1. The zero-order valence-electron chi connectivity index (χ0n) is 11.3. The first-order valence-electron chi connectivity index (χ1n) is 6.58. The number of fused-ring (bicyclic) bond motifs is 1. The van der Waals surface area contributed by atoms with Crippen LogP contribution in [0.2, 0.25) is 0 Å². The number of carbonyl (C=O) groups is 1. The van der Waals surface area contributed by atoms with Gasteiger partial charge in [-0.15, -0.1) is 22.7 Å². The quantitative estimate of drug-likeness (QED) is 0.603. The minimum absolute atomic E-state index is 0.214. The molecule has 0 aliphatic heterocycles. The first-order chi connectivity index (χ1) is 10.8. The summed E-state index contributed by atoms with van der Waals surface area (Å²) >= 11 is 3.04. The van der Waals surface area contributed by atoms with E-state index in [4.69, 9.17) is 0 Å². The molecule has 22 heavy (non-hydrogen) atoms. The Kier molecular flexibility index (Phi) is 3.06. The SMILES string of the molecule is O=C(O)c1c(-c2ccccc2)nc2scc(-c3cccs3)n12. The van der Waals surface area contributed by atoms with Crippen molar-refractivity contribution in [3.8, 4) is 21.8 Å². The lowest BCUT2D eigenvalue weighted by Crippen LogP contribution is -2.04. The van der Waals surface area contributed by atoms with Crippen LogP contribution in [0, 0.1) is 0 Å². The van der Waals surface area contributed by atoms with Gasteiger partial charge < -0.3 is 5.11 Å². The molecule has 1 N–H and O–H groups in total. The second-order valence-electron chi connectivity index (χ2n) is 4.70. The molecule has 3 aromatic heterocycles. The van der Waals surface area contributed by atoms with Gasteiger partial charge in [-0.25, -0.2) is 9.78 Å². The molecule has 4 rings (SSSR count). The van der Waals surface area contributed by atoms with Crippen molar-refractivity contribution in [1.29, 1.82) is 0 Å². The Labute approximate surface area is 133 Å². The van der Waals surface area contributed by atoms with Gasteiger partial charge in [-0.3, -0.25) is 4.40 Å². The zero-order chi connectivity index (χ0) is 15.1. The first kappa shape index (κ1) is 13.2. The molecule has 4 aromatic rings. The van der Waals surface area contributed by atoms with Gasteiger partial charge in [0, 0.05) is 10.9 Å². The van der Waals surface area contributed by atoms with Crippen LogP contribution in [0.4, 0.5) is 0 Å². The summed E-state index contributed by atoms with van der Waals surface area (Å²) < 4.78 is 1.74. The van der Waals surface area contributed by atoms with Crippen LogP contribution in [0.15, 0.2) is 53.2 Å². The lowest BCUT2D eigenvalue weighted by molar-refractivity contribution is 0.0690. The number of thiazole rings is 1. The molecule has 108 valence electrons. The number of carboxylic acids is 1. The molecular formula is C16H10N2O2S2. The first-order valence-corrected chi connectivity index (χ1v) is 8.34. The van der Waals surface area contributed by atoms with Gasteiger partial charge in [0.2, 0.25) is 0 Å². The third-order valence-corrected chi connectivity index (χ3v) is 5.11. The fraction of sp³-hybridized carbons (Fsp3) is 0. The highest BCUT2D eigenvalue weighted by molar-refractivity contribution is 7.17. The number of hydrogen-bond donors (Lipinski definition) is 1. The number of thiophene rings is 1. The Morgan fingerprint density at radius 1 is 1.09 bits per heavy atom. The molecule has 0 spiro atoms. The van der Waals surface area contributed by atoms with Gasteiger partial charge in [-0.2, -0.15) is 0 Å². The van der Waals surface area contributed by atoms with Crippen LogP contribution >= 0.6 is 22.7 Å². The number of hydrogen-bond acceptors (Lipinski definition) is 4. The summed E-state index contributed by atoms with van der Waals surface area (Å²) in [7, 11) is 0. The van der Waals surface area contributed by atoms with Crippen molar-refractivity contribution in [2.45, 2.75) is 0 Å². The molecular weight excluding hydrogens is 316 g/mol. The molecule has 0 saturated carbocycles. The molecule has 1 aromatic carbocycles. The number of nitrogens with zero attached hydrogens (tertiary/aromatic N) is 2. The fourth-order valence-electron chi connectivity index (χ4n) is 2.45. The highest BCUT2D eigenvalue weighted by Crippen LogP contribution is 2.34. The van der Waals surface area contributed by atoms with Crippen molar-refractivity contribution in [3.05, 3.63) is 58.9 Å². The molecule has 3 heterocycles. The van der Waals surface area contributed by atoms with E-state index in [1.54, 1.807) is 15.7 Å². The average Bonchev–Trinajstić information content (AvgIpc) is 3.23. The predicted octanol–water partition coefficient (Wildman–Crippen LogP) is 4.49. The normalized spacial score (nSPS) is 11.1. The largest absolute Gasteiger partial charge is 0.476 e. The van der Waals surface area contributed by atoms with Crippen LogP contribution in [0.1, 0.15) is 10.5 Å². The summed E-state index contributed by atoms with van der Waals surface area (Å²) in [6.07, 6.45) is 0. The standard InChI is InChI=1S/C16H10N2O2S2/c19-15(20)14-13(10-5-2-1-3-6-10)17-16-18(14)11(9-22-16)12-7-4-8-21-12/h1-9H,(H,19,20). The molecule has 0 amide bonds. The summed E-state index contributed by atoms with van der Waals surface area (Å²) in [5, 5.41) is 13.6. The van der Waals surface area contributed by atoms with E-state index in [2.05, 4.69) is 4.98 Å². The van der Waals surface area contributed by atoms with Crippen molar-refractivity contribution in [1.82, 2.24) is 9.38 Å². The smallest absolute Gasteiger partial charge is 0.355 e. The number of aromatic nitrogens is 2. The van der Waals surface area contributed by atoms with E-state index in [9.17, 15) is 9.90 Å². The Hall–Kier alpha value is -2.44. The average molecular weight is 326 g/mol. The predicted molar refractivity (Wildman–Crippen MR) is 88.8 cm³/mol. The second-order valence-corrected chi connectivity index (χ2v) is 6.48. The van der Waals surface area contributed by atoms with Gasteiger partial charge in [0.15, 0.2) is 10.7 Å². The van der Waals surface area contributed by atoms with Gasteiger partial charge >= 0.3 is 5.97 Å². The molecule has 0 bridgehead atoms. The van der Waals surface area contributed by atoms with E-state index < -0.39 is 5.97 Å². The summed E-state index contributed by atoms with van der Waals surface area (Å²) in [5.41, 5.74) is 2.42. The Balaban J connectivity index is 2.04. The summed E-state index contributed by atoms with van der Waals surface area (Å²) in [4.78, 5) is 18.1.